The van der Waals surface area contributed by atoms with Gasteiger partial charge in [-0.1, -0.05) is 0 Å². The molecule has 29 heavy (non-hydrogen) atoms. The smallest absolute Gasteiger partial charge is 0.335 e. The molecule has 0 fully saturated rings. The molecule has 0 aliphatic carbocycles. The van der Waals surface area contributed by atoms with Crippen molar-refractivity contribution in [2.24, 2.45) is 0 Å². The first-order valence-electron chi connectivity index (χ1n) is 8.21. The number of carbonyl (C=O) groups is 5. The largest absolute Gasteiger partial charge is 0.480 e. The fraction of sp³-hybridized carbons (Fsp3) is 0.353. The molecule has 0 heterocycles. The van der Waals surface area contributed by atoms with Gasteiger partial charge in [-0.25, -0.2) is 4.79 Å². The summed E-state index contributed by atoms with van der Waals surface area (Å²) in [6.45, 7) is -2.34. The normalized spacial score (nSPS) is 10.7. The van der Waals surface area contributed by atoms with Crippen LogP contribution in [0.25, 0.3) is 0 Å². The van der Waals surface area contributed by atoms with Gasteiger partial charge in [-0.15, -0.1) is 0 Å². The number of carbonyl (C=O) groups excluding carboxylic acids is 1. The maximum Gasteiger partial charge on any atom is 0.335 e. The van der Waals surface area contributed by atoms with Gasteiger partial charge in [0.1, 0.15) is 5.75 Å². The molecule has 0 saturated heterocycles. The molecule has 12 heteroatoms. The zero-order valence-electron chi connectivity index (χ0n) is 15.2. The van der Waals surface area contributed by atoms with E-state index in [2.05, 4.69) is 0 Å². The SMILES string of the molecule is O=C(O)CN(CCN(CC(=O)O)CC(=O)Oc1ccc(C(=O)O)cc1)CC(=O)O. The molecule has 0 aromatic heterocycles. The molecule has 0 aliphatic heterocycles. The molecule has 0 atom stereocenters. The van der Waals surface area contributed by atoms with E-state index in [0.29, 0.717) is 0 Å². The van der Waals surface area contributed by atoms with Gasteiger partial charge in [0.25, 0.3) is 0 Å². The van der Waals surface area contributed by atoms with Gasteiger partial charge in [-0.2, -0.15) is 0 Å². The van der Waals surface area contributed by atoms with Crippen LogP contribution >= 0.6 is 0 Å². The van der Waals surface area contributed by atoms with Crippen molar-refractivity contribution in [3.63, 3.8) is 0 Å². The van der Waals surface area contributed by atoms with Crippen LogP contribution in [0.2, 0.25) is 0 Å². The van der Waals surface area contributed by atoms with Crippen molar-refractivity contribution in [2.75, 3.05) is 39.3 Å². The number of aromatic carboxylic acids is 1. The molecule has 1 aromatic carbocycles. The second kappa shape index (κ2) is 11.4. The number of nitrogens with zero attached hydrogens (tertiary/aromatic N) is 2. The first-order valence-corrected chi connectivity index (χ1v) is 8.21. The Morgan fingerprint density at radius 2 is 1.10 bits per heavy atom. The summed E-state index contributed by atoms with van der Waals surface area (Å²) in [4.78, 5) is 57.7. The lowest BCUT2D eigenvalue weighted by Gasteiger charge is -2.24. The minimum atomic E-state index is -1.25. The van der Waals surface area contributed by atoms with Crippen molar-refractivity contribution in [3.8, 4) is 5.75 Å². The minimum absolute atomic E-state index is 0.00532. The van der Waals surface area contributed by atoms with Crippen molar-refractivity contribution in [3.05, 3.63) is 29.8 Å². The van der Waals surface area contributed by atoms with Gasteiger partial charge in [0, 0.05) is 13.1 Å². The van der Waals surface area contributed by atoms with E-state index in [0.717, 1.165) is 9.80 Å². The summed E-state index contributed by atoms with van der Waals surface area (Å²) in [6.07, 6.45) is 0. The summed E-state index contributed by atoms with van der Waals surface area (Å²) < 4.78 is 5.03. The highest BCUT2D eigenvalue weighted by atomic mass is 16.5. The van der Waals surface area contributed by atoms with E-state index < -0.39 is 56.0 Å². The second-order valence-corrected chi connectivity index (χ2v) is 5.91. The second-order valence-electron chi connectivity index (χ2n) is 5.91. The topological polar surface area (TPSA) is 182 Å². The Labute approximate surface area is 164 Å². The lowest BCUT2D eigenvalue weighted by Crippen LogP contribution is -2.43. The molecule has 0 aliphatic rings. The molecular weight excluding hydrogens is 392 g/mol. The van der Waals surface area contributed by atoms with Crippen molar-refractivity contribution in [1.82, 2.24) is 9.80 Å². The van der Waals surface area contributed by atoms with Crippen LogP contribution < -0.4 is 4.74 Å². The zero-order chi connectivity index (χ0) is 22.0. The molecule has 0 saturated carbocycles. The van der Waals surface area contributed by atoms with Crippen LogP contribution in [-0.4, -0.2) is 99.3 Å². The van der Waals surface area contributed by atoms with E-state index in [1.165, 1.54) is 24.3 Å². The van der Waals surface area contributed by atoms with Gasteiger partial charge in [-0.3, -0.25) is 29.0 Å². The van der Waals surface area contributed by atoms with Crippen LogP contribution in [0, 0.1) is 0 Å². The van der Waals surface area contributed by atoms with E-state index >= 15 is 0 Å². The van der Waals surface area contributed by atoms with Crippen molar-refractivity contribution in [1.29, 1.82) is 0 Å². The Bertz CT molecular complexity index is 746. The molecule has 0 amide bonds. The summed E-state index contributed by atoms with van der Waals surface area (Å²) in [7, 11) is 0. The maximum absolute atomic E-state index is 12.0. The van der Waals surface area contributed by atoms with Crippen molar-refractivity contribution >= 4 is 29.8 Å². The van der Waals surface area contributed by atoms with Gasteiger partial charge in [0.05, 0.1) is 31.7 Å². The number of rotatable bonds is 13. The predicted molar refractivity (Wildman–Crippen MR) is 94.8 cm³/mol. The quantitative estimate of drug-likeness (QED) is 0.233. The fourth-order valence-electron chi connectivity index (χ4n) is 2.30. The summed E-state index contributed by atoms with van der Waals surface area (Å²) in [5.41, 5.74) is -0.00532. The number of aliphatic carboxylic acids is 3. The highest BCUT2D eigenvalue weighted by molar-refractivity contribution is 5.87. The van der Waals surface area contributed by atoms with Crippen LogP contribution in [0.4, 0.5) is 0 Å². The lowest BCUT2D eigenvalue weighted by molar-refractivity contribution is -0.144. The van der Waals surface area contributed by atoms with E-state index in [4.69, 9.17) is 25.2 Å². The van der Waals surface area contributed by atoms with E-state index in [-0.39, 0.29) is 24.4 Å². The first kappa shape index (κ1) is 23.5. The third-order valence-electron chi connectivity index (χ3n) is 3.49. The van der Waals surface area contributed by atoms with Crippen LogP contribution in [0.1, 0.15) is 10.4 Å². The van der Waals surface area contributed by atoms with Crippen molar-refractivity contribution < 1.29 is 49.1 Å². The highest BCUT2D eigenvalue weighted by Gasteiger charge is 2.19. The summed E-state index contributed by atoms with van der Waals surface area (Å²) >= 11 is 0. The molecule has 0 bridgehead atoms. The van der Waals surface area contributed by atoms with Crippen molar-refractivity contribution in [2.45, 2.75) is 0 Å². The molecule has 0 unspecified atom stereocenters. The maximum atomic E-state index is 12.0. The van der Waals surface area contributed by atoms with Gasteiger partial charge in [0.15, 0.2) is 0 Å². The summed E-state index contributed by atoms with van der Waals surface area (Å²) in [5, 5.41) is 35.4. The van der Waals surface area contributed by atoms with E-state index in [9.17, 15) is 24.0 Å². The molecule has 1 aromatic rings. The Morgan fingerprint density at radius 1 is 0.690 bits per heavy atom. The van der Waals surface area contributed by atoms with Gasteiger partial charge in [0.2, 0.25) is 0 Å². The average molecular weight is 412 g/mol. The number of esters is 1. The van der Waals surface area contributed by atoms with Crippen LogP contribution in [0.15, 0.2) is 24.3 Å². The summed E-state index contributed by atoms with van der Waals surface area (Å²) in [5.74, 6) is -5.65. The van der Waals surface area contributed by atoms with Crippen LogP contribution in [0.5, 0.6) is 5.75 Å². The molecule has 1 rings (SSSR count). The lowest BCUT2D eigenvalue weighted by atomic mass is 10.2. The molecule has 0 radical (unpaired) electrons. The summed E-state index contributed by atoms with van der Waals surface area (Å²) in [6, 6.07) is 5.00. The van der Waals surface area contributed by atoms with Crippen LogP contribution in [-0.2, 0) is 19.2 Å². The Hall–Kier alpha value is -3.51. The number of carboxylic acids is 4. The third kappa shape index (κ3) is 9.83. The molecular formula is C17H20N2O10. The average Bonchev–Trinajstić information content (AvgIpc) is 2.58. The molecule has 0 spiro atoms. The number of hydrogen-bond acceptors (Lipinski definition) is 8. The zero-order valence-corrected chi connectivity index (χ0v) is 15.2. The molecule has 158 valence electrons. The van der Waals surface area contributed by atoms with Crippen LogP contribution in [0.3, 0.4) is 0 Å². The van der Waals surface area contributed by atoms with E-state index in [1.807, 2.05) is 0 Å². The van der Waals surface area contributed by atoms with Gasteiger partial charge < -0.3 is 25.2 Å². The van der Waals surface area contributed by atoms with E-state index in [1.54, 1.807) is 0 Å². The first-order chi connectivity index (χ1) is 13.6. The van der Waals surface area contributed by atoms with Gasteiger partial charge >= 0.3 is 29.8 Å². The fourth-order valence-corrected chi connectivity index (χ4v) is 2.30. The predicted octanol–water partition coefficient (Wildman–Crippen LogP) is -0.852. The number of benzene rings is 1. The Kier molecular flexibility index (Phi) is 9.22. The molecule has 12 nitrogen and oxygen atoms in total. The van der Waals surface area contributed by atoms with Gasteiger partial charge in [-0.05, 0) is 24.3 Å². The number of carboxylic acid groups (broad SMARTS) is 4. The Balaban J connectivity index is 2.69. The third-order valence-corrected chi connectivity index (χ3v) is 3.49. The highest BCUT2D eigenvalue weighted by Crippen LogP contribution is 2.12. The Morgan fingerprint density at radius 3 is 1.48 bits per heavy atom. The minimum Gasteiger partial charge on any atom is -0.480 e. The monoisotopic (exact) mass is 412 g/mol. The number of hydrogen-bond donors (Lipinski definition) is 4. The number of ether oxygens (including phenoxy) is 1. The molecule has 4 N–H and O–H groups in total. The standard InChI is InChI=1S/C17H20N2O10/c20-13(21)7-18(8-14(22)23)5-6-19(9-15(24)25)10-16(26)29-12-3-1-11(2-4-12)17(27)28/h1-4H,5-10H2,(H,20,21)(H,22,23)(H,24,25)(H,27,28).